The summed E-state index contributed by atoms with van der Waals surface area (Å²) in [7, 11) is 0. The summed E-state index contributed by atoms with van der Waals surface area (Å²) in [5, 5.41) is 10.2. The molecule has 158 valence electrons. The minimum atomic E-state index is -0.636. The number of carbonyl (C=O) groups excluding carboxylic acids is 1. The third-order valence-corrected chi connectivity index (χ3v) is 6.56. The fourth-order valence-electron chi connectivity index (χ4n) is 3.52. The number of halogens is 1. The van der Waals surface area contributed by atoms with Gasteiger partial charge >= 0.3 is 5.97 Å². The average Bonchev–Trinajstić information content (AvgIpc) is 3.05. The largest absolute Gasteiger partial charge is 0.507 e. The van der Waals surface area contributed by atoms with Crippen LogP contribution in [0.25, 0.3) is 6.08 Å². The standard InChI is InChI=1S/C23H19IN2O4S/c1-3-30-22(29)19-13(2)25-23-26(20(19)14-7-5-4-6-8-14)21(28)18(31-23)12-15-11-16(24)9-10-17(15)27/h4-12,20,27H,3H2,1-2H3/b18-12-/t20-/m1/s1. The molecule has 6 nitrogen and oxygen atoms in total. The van der Waals surface area contributed by atoms with E-state index in [1.807, 2.05) is 30.3 Å². The van der Waals surface area contributed by atoms with Gasteiger partial charge in [0, 0.05) is 9.13 Å². The Labute approximate surface area is 196 Å². The summed E-state index contributed by atoms with van der Waals surface area (Å²) in [5.41, 5.74) is 1.95. The molecule has 1 atom stereocenters. The third-order valence-electron chi connectivity index (χ3n) is 4.91. The number of nitrogens with zero attached hydrogens (tertiary/aromatic N) is 2. The average molecular weight is 546 g/mol. The molecule has 1 aliphatic heterocycles. The number of aromatic hydroxyl groups is 1. The van der Waals surface area contributed by atoms with Crippen LogP contribution < -0.4 is 14.9 Å². The molecule has 0 saturated heterocycles. The molecular weight excluding hydrogens is 527 g/mol. The number of fused-ring (bicyclic) bond motifs is 1. The first-order chi connectivity index (χ1) is 14.9. The molecule has 2 heterocycles. The highest BCUT2D eigenvalue weighted by molar-refractivity contribution is 14.1. The number of phenolic OH excluding ortho intramolecular Hbond substituents is 1. The molecule has 8 heteroatoms. The van der Waals surface area contributed by atoms with Crippen molar-refractivity contribution < 1.29 is 14.6 Å². The lowest BCUT2D eigenvalue weighted by Gasteiger charge is -2.24. The number of esters is 1. The Bertz CT molecular complexity index is 1370. The highest BCUT2D eigenvalue weighted by Gasteiger charge is 2.33. The molecule has 2 aromatic carbocycles. The fourth-order valence-corrected chi connectivity index (χ4v) is 5.08. The van der Waals surface area contributed by atoms with Crippen LogP contribution >= 0.6 is 33.9 Å². The van der Waals surface area contributed by atoms with E-state index in [1.54, 1.807) is 38.1 Å². The van der Waals surface area contributed by atoms with Crippen LogP contribution in [0, 0.1) is 3.57 Å². The lowest BCUT2D eigenvalue weighted by Crippen LogP contribution is -2.39. The van der Waals surface area contributed by atoms with Crippen LogP contribution in [0.5, 0.6) is 5.75 Å². The second-order valence-corrected chi connectivity index (χ2v) is 9.17. The van der Waals surface area contributed by atoms with Crippen molar-refractivity contribution in [1.82, 2.24) is 4.57 Å². The number of phenols is 1. The second kappa shape index (κ2) is 8.80. The number of thiazole rings is 1. The van der Waals surface area contributed by atoms with E-state index < -0.39 is 12.0 Å². The molecule has 0 amide bonds. The number of allylic oxidation sites excluding steroid dienone is 1. The van der Waals surface area contributed by atoms with Crippen molar-refractivity contribution in [3.63, 3.8) is 0 Å². The van der Waals surface area contributed by atoms with Crippen LogP contribution in [0.4, 0.5) is 0 Å². The lowest BCUT2D eigenvalue weighted by atomic mass is 9.96. The molecule has 4 rings (SSSR count). The number of benzene rings is 2. The van der Waals surface area contributed by atoms with Crippen molar-refractivity contribution in [2.75, 3.05) is 6.61 Å². The number of rotatable bonds is 4. The monoisotopic (exact) mass is 546 g/mol. The zero-order chi connectivity index (χ0) is 22.1. The van der Waals surface area contributed by atoms with E-state index in [2.05, 4.69) is 27.6 Å². The van der Waals surface area contributed by atoms with E-state index in [4.69, 9.17) is 4.74 Å². The summed E-state index contributed by atoms with van der Waals surface area (Å²) in [5.74, 6) is -0.392. The molecule has 1 N–H and O–H groups in total. The predicted octanol–water partition coefficient (Wildman–Crippen LogP) is 3.11. The van der Waals surface area contributed by atoms with Crippen LogP contribution in [-0.2, 0) is 9.53 Å². The number of hydrogen-bond donors (Lipinski definition) is 1. The quantitative estimate of drug-likeness (QED) is 0.403. The van der Waals surface area contributed by atoms with Gasteiger partial charge in [0.25, 0.3) is 5.56 Å². The maximum atomic E-state index is 13.5. The molecule has 0 bridgehead atoms. The van der Waals surface area contributed by atoms with Gasteiger partial charge in [0.15, 0.2) is 4.80 Å². The van der Waals surface area contributed by atoms with Gasteiger partial charge in [-0.15, -0.1) is 0 Å². The summed E-state index contributed by atoms with van der Waals surface area (Å²) >= 11 is 3.38. The Morgan fingerprint density at radius 2 is 2.03 bits per heavy atom. The highest BCUT2D eigenvalue weighted by Crippen LogP contribution is 2.30. The van der Waals surface area contributed by atoms with Crippen LogP contribution in [-0.4, -0.2) is 22.2 Å². The molecule has 31 heavy (non-hydrogen) atoms. The summed E-state index contributed by atoms with van der Waals surface area (Å²) in [6.45, 7) is 3.73. The van der Waals surface area contributed by atoms with Crippen molar-refractivity contribution in [2.45, 2.75) is 19.9 Å². The number of ether oxygens (including phenoxy) is 1. The van der Waals surface area contributed by atoms with Gasteiger partial charge in [-0.1, -0.05) is 41.7 Å². The van der Waals surface area contributed by atoms with Gasteiger partial charge in [-0.25, -0.2) is 9.79 Å². The zero-order valence-corrected chi connectivity index (χ0v) is 19.8. The van der Waals surface area contributed by atoms with Gasteiger partial charge in [0.2, 0.25) is 0 Å². The Balaban J connectivity index is 1.97. The van der Waals surface area contributed by atoms with Gasteiger partial charge < -0.3 is 9.84 Å². The molecule has 0 radical (unpaired) electrons. The highest BCUT2D eigenvalue weighted by atomic mass is 127. The normalized spacial score (nSPS) is 16.1. The van der Waals surface area contributed by atoms with Gasteiger partial charge in [0.1, 0.15) is 5.75 Å². The zero-order valence-electron chi connectivity index (χ0n) is 16.8. The van der Waals surface area contributed by atoms with Crippen molar-refractivity contribution in [3.05, 3.63) is 94.2 Å². The first kappa shape index (κ1) is 21.5. The summed E-state index contributed by atoms with van der Waals surface area (Å²) < 4.78 is 8.18. The Morgan fingerprint density at radius 1 is 1.29 bits per heavy atom. The van der Waals surface area contributed by atoms with E-state index in [0.29, 0.717) is 26.2 Å². The van der Waals surface area contributed by atoms with Crippen molar-refractivity contribution >= 4 is 46.0 Å². The molecule has 1 aromatic heterocycles. The van der Waals surface area contributed by atoms with E-state index in [0.717, 1.165) is 9.13 Å². The molecule has 3 aromatic rings. The molecule has 0 aliphatic carbocycles. The van der Waals surface area contributed by atoms with Crippen LogP contribution in [0.2, 0.25) is 0 Å². The van der Waals surface area contributed by atoms with Crippen molar-refractivity contribution in [3.8, 4) is 5.75 Å². The first-order valence-corrected chi connectivity index (χ1v) is 11.5. The van der Waals surface area contributed by atoms with Gasteiger partial charge in [-0.3, -0.25) is 9.36 Å². The van der Waals surface area contributed by atoms with Gasteiger partial charge in [0.05, 0.1) is 28.5 Å². The van der Waals surface area contributed by atoms with Gasteiger partial charge in [-0.05, 0) is 66.3 Å². The minimum absolute atomic E-state index is 0.0919. The fraction of sp³-hybridized carbons (Fsp3) is 0.174. The number of carbonyl (C=O) groups is 1. The van der Waals surface area contributed by atoms with E-state index in [9.17, 15) is 14.7 Å². The van der Waals surface area contributed by atoms with Crippen molar-refractivity contribution in [2.24, 2.45) is 4.99 Å². The van der Waals surface area contributed by atoms with Crippen LogP contribution in [0.15, 0.2) is 69.6 Å². The minimum Gasteiger partial charge on any atom is -0.507 e. The Hall–Kier alpha value is -2.72. The molecule has 0 fully saturated rings. The number of hydrogen-bond acceptors (Lipinski definition) is 6. The smallest absolute Gasteiger partial charge is 0.338 e. The maximum absolute atomic E-state index is 13.5. The Morgan fingerprint density at radius 3 is 2.74 bits per heavy atom. The summed E-state index contributed by atoms with van der Waals surface area (Å²) in [4.78, 5) is 31.3. The van der Waals surface area contributed by atoms with Crippen LogP contribution in [0.1, 0.15) is 31.0 Å². The predicted molar refractivity (Wildman–Crippen MR) is 128 cm³/mol. The summed E-state index contributed by atoms with van der Waals surface area (Å²) in [6.07, 6.45) is 1.66. The lowest BCUT2D eigenvalue weighted by molar-refractivity contribution is -0.139. The third kappa shape index (κ3) is 4.09. The first-order valence-electron chi connectivity index (χ1n) is 9.64. The molecule has 1 aliphatic rings. The SMILES string of the molecule is CCOC(=O)C1=C(C)N=c2s/c(=C\c3cc(I)ccc3O)c(=O)n2[C@@H]1c1ccccc1. The second-order valence-electron chi connectivity index (χ2n) is 6.92. The summed E-state index contributed by atoms with van der Waals surface area (Å²) in [6, 6.07) is 13.9. The Kier molecular flexibility index (Phi) is 6.10. The molecule has 0 unspecified atom stereocenters. The maximum Gasteiger partial charge on any atom is 0.338 e. The van der Waals surface area contributed by atoms with E-state index >= 15 is 0 Å². The molecular formula is C23H19IN2O4S. The van der Waals surface area contributed by atoms with E-state index in [-0.39, 0.29) is 17.9 Å². The van der Waals surface area contributed by atoms with Gasteiger partial charge in [-0.2, -0.15) is 0 Å². The van der Waals surface area contributed by atoms with Crippen LogP contribution in [0.3, 0.4) is 0 Å². The molecule has 0 saturated carbocycles. The number of aromatic nitrogens is 1. The van der Waals surface area contributed by atoms with E-state index in [1.165, 1.54) is 15.9 Å². The topological polar surface area (TPSA) is 80.9 Å². The van der Waals surface area contributed by atoms with Crippen molar-refractivity contribution in [1.29, 1.82) is 0 Å². The molecule has 0 spiro atoms.